The Kier molecular flexibility index (Phi) is 7.14. The van der Waals surface area contributed by atoms with Gasteiger partial charge < -0.3 is 14.7 Å². The Hall–Kier alpha value is -3.31. The second-order valence-electron chi connectivity index (χ2n) is 10.8. The number of halogens is 1. The second-order valence-corrected chi connectivity index (χ2v) is 11.2. The summed E-state index contributed by atoms with van der Waals surface area (Å²) in [6, 6.07) is 21.0. The third kappa shape index (κ3) is 5.90. The number of hydrogen-bond donors (Lipinski definition) is 1. The zero-order chi connectivity index (χ0) is 26.1. The Morgan fingerprint density at radius 3 is 2.39 bits per heavy atom. The number of nitrogens with zero attached hydrogens (tertiary/aromatic N) is 1. The molecular formula is C30H32ClNO4. The van der Waals surface area contributed by atoms with Crippen LogP contribution in [0.2, 0.25) is 5.02 Å². The van der Waals surface area contributed by atoms with Crippen molar-refractivity contribution in [3.8, 4) is 5.75 Å². The van der Waals surface area contributed by atoms with Crippen LogP contribution in [0.3, 0.4) is 0 Å². The van der Waals surface area contributed by atoms with Crippen LogP contribution in [0, 0.1) is 0 Å². The summed E-state index contributed by atoms with van der Waals surface area (Å²) in [5, 5.41) is 10.2. The van der Waals surface area contributed by atoms with Crippen molar-refractivity contribution in [1.82, 2.24) is 4.90 Å². The molecule has 0 unspecified atom stereocenters. The lowest BCUT2D eigenvalue weighted by Crippen LogP contribution is -2.35. The lowest BCUT2D eigenvalue weighted by Gasteiger charge is -2.24. The van der Waals surface area contributed by atoms with Gasteiger partial charge in [-0.25, -0.2) is 0 Å². The van der Waals surface area contributed by atoms with Crippen molar-refractivity contribution >= 4 is 23.5 Å². The summed E-state index contributed by atoms with van der Waals surface area (Å²) in [7, 11) is 0. The van der Waals surface area contributed by atoms with Crippen LogP contribution in [0.15, 0.2) is 66.7 Å². The highest BCUT2D eigenvalue weighted by Gasteiger charge is 2.36. The molecule has 1 heterocycles. The summed E-state index contributed by atoms with van der Waals surface area (Å²) in [5.41, 5.74) is 3.99. The predicted molar refractivity (Wildman–Crippen MR) is 142 cm³/mol. The summed E-state index contributed by atoms with van der Waals surface area (Å²) >= 11 is 6.36. The van der Waals surface area contributed by atoms with E-state index in [1.807, 2.05) is 61.5 Å². The van der Waals surface area contributed by atoms with Gasteiger partial charge in [-0.2, -0.15) is 0 Å². The van der Waals surface area contributed by atoms with E-state index in [0.717, 1.165) is 22.4 Å². The van der Waals surface area contributed by atoms with E-state index < -0.39 is 11.6 Å². The molecule has 5 nitrogen and oxygen atoms in total. The van der Waals surface area contributed by atoms with E-state index in [1.165, 1.54) is 10.5 Å². The van der Waals surface area contributed by atoms with Gasteiger partial charge in [0.15, 0.2) is 0 Å². The summed E-state index contributed by atoms with van der Waals surface area (Å²) in [5.74, 6) is -0.630. The Bertz CT molecular complexity index is 1280. The number of benzene rings is 3. The highest BCUT2D eigenvalue weighted by Crippen LogP contribution is 2.38. The molecule has 0 saturated carbocycles. The largest absolute Gasteiger partial charge is 0.487 e. The molecule has 188 valence electrons. The standard InChI is InChI=1S/C30H32ClNO4/c1-29(2,3)24-12-9-20(10-13-24)18-32(19-27(33)34)28(35)21-11-14-26-23(15-21)17-30(4,36-26)16-22-7-5-6-8-25(22)31/h5-15H,16-19H2,1-4H3,(H,33,34)/t30-/m0/s1. The van der Waals surface area contributed by atoms with E-state index in [-0.39, 0.29) is 24.4 Å². The van der Waals surface area contributed by atoms with Crippen LogP contribution >= 0.6 is 11.6 Å². The van der Waals surface area contributed by atoms with E-state index in [2.05, 4.69) is 20.8 Å². The van der Waals surface area contributed by atoms with Crippen LogP contribution in [0.25, 0.3) is 0 Å². The first-order valence-corrected chi connectivity index (χ1v) is 12.5. The molecule has 1 aliphatic heterocycles. The minimum Gasteiger partial charge on any atom is -0.487 e. The molecule has 36 heavy (non-hydrogen) atoms. The number of amides is 1. The Morgan fingerprint density at radius 1 is 1.06 bits per heavy atom. The van der Waals surface area contributed by atoms with Gasteiger partial charge in [-0.1, -0.05) is 74.8 Å². The third-order valence-corrected chi connectivity index (χ3v) is 6.93. The normalized spacial score (nSPS) is 16.8. The fourth-order valence-electron chi connectivity index (χ4n) is 4.67. The zero-order valence-electron chi connectivity index (χ0n) is 21.2. The number of aliphatic carboxylic acids is 1. The lowest BCUT2D eigenvalue weighted by molar-refractivity contribution is -0.137. The van der Waals surface area contributed by atoms with Gasteiger partial charge in [0.2, 0.25) is 0 Å². The summed E-state index contributed by atoms with van der Waals surface area (Å²) in [6.07, 6.45) is 1.27. The van der Waals surface area contributed by atoms with Gasteiger partial charge in [-0.05, 0) is 58.9 Å². The molecule has 0 saturated heterocycles. The van der Waals surface area contributed by atoms with Crippen LogP contribution in [-0.2, 0) is 29.6 Å². The van der Waals surface area contributed by atoms with Gasteiger partial charge in [0.1, 0.15) is 17.9 Å². The van der Waals surface area contributed by atoms with Gasteiger partial charge in [0.05, 0.1) is 0 Å². The molecule has 0 spiro atoms. The van der Waals surface area contributed by atoms with Crippen molar-refractivity contribution in [2.24, 2.45) is 0 Å². The van der Waals surface area contributed by atoms with Crippen LogP contribution in [-0.4, -0.2) is 34.0 Å². The van der Waals surface area contributed by atoms with Gasteiger partial charge >= 0.3 is 5.97 Å². The smallest absolute Gasteiger partial charge is 0.323 e. The quantitative estimate of drug-likeness (QED) is 0.409. The molecule has 3 aromatic carbocycles. The van der Waals surface area contributed by atoms with Crippen LogP contribution in [0.1, 0.15) is 60.3 Å². The second kappa shape index (κ2) is 9.98. The molecule has 1 aliphatic rings. The fourth-order valence-corrected chi connectivity index (χ4v) is 4.88. The van der Waals surface area contributed by atoms with Crippen molar-refractivity contribution in [3.05, 3.63) is 99.6 Å². The van der Waals surface area contributed by atoms with E-state index in [9.17, 15) is 14.7 Å². The topological polar surface area (TPSA) is 66.8 Å². The predicted octanol–water partition coefficient (Wildman–Crippen LogP) is 6.30. The highest BCUT2D eigenvalue weighted by molar-refractivity contribution is 6.31. The van der Waals surface area contributed by atoms with Gasteiger partial charge in [-0.15, -0.1) is 0 Å². The number of carbonyl (C=O) groups excluding carboxylic acids is 1. The highest BCUT2D eigenvalue weighted by atomic mass is 35.5. The maximum absolute atomic E-state index is 13.4. The van der Waals surface area contributed by atoms with Crippen LogP contribution in [0.4, 0.5) is 0 Å². The van der Waals surface area contributed by atoms with E-state index in [0.29, 0.717) is 23.4 Å². The molecule has 3 aromatic rings. The first kappa shape index (κ1) is 25.8. The van der Waals surface area contributed by atoms with Crippen molar-refractivity contribution in [2.75, 3.05) is 6.54 Å². The van der Waals surface area contributed by atoms with E-state index in [1.54, 1.807) is 12.1 Å². The molecular weight excluding hydrogens is 474 g/mol. The molecule has 0 radical (unpaired) electrons. The summed E-state index contributed by atoms with van der Waals surface area (Å²) in [6.45, 7) is 8.29. The van der Waals surface area contributed by atoms with Crippen molar-refractivity contribution < 1.29 is 19.4 Å². The van der Waals surface area contributed by atoms with E-state index >= 15 is 0 Å². The molecule has 0 aliphatic carbocycles. The fraction of sp³-hybridized carbons (Fsp3) is 0.333. The molecule has 6 heteroatoms. The maximum Gasteiger partial charge on any atom is 0.323 e. The molecule has 1 atom stereocenters. The molecule has 1 N–H and O–H groups in total. The molecule has 0 bridgehead atoms. The number of rotatable bonds is 7. The van der Waals surface area contributed by atoms with Gasteiger partial charge in [0.25, 0.3) is 5.91 Å². The van der Waals surface area contributed by atoms with Gasteiger partial charge in [-0.3, -0.25) is 9.59 Å². The van der Waals surface area contributed by atoms with Crippen molar-refractivity contribution in [1.29, 1.82) is 0 Å². The Labute approximate surface area is 217 Å². The third-order valence-electron chi connectivity index (χ3n) is 6.56. The maximum atomic E-state index is 13.4. The lowest BCUT2D eigenvalue weighted by atomic mass is 9.87. The minimum atomic E-state index is -1.05. The number of carbonyl (C=O) groups is 2. The van der Waals surface area contributed by atoms with Crippen LogP contribution in [0.5, 0.6) is 5.75 Å². The van der Waals surface area contributed by atoms with Crippen molar-refractivity contribution in [2.45, 2.75) is 58.1 Å². The Morgan fingerprint density at radius 2 is 1.75 bits per heavy atom. The zero-order valence-corrected chi connectivity index (χ0v) is 21.9. The summed E-state index contributed by atoms with van der Waals surface area (Å²) in [4.78, 5) is 26.4. The molecule has 0 aromatic heterocycles. The van der Waals surface area contributed by atoms with Gasteiger partial charge in [0, 0.05) is 30.0 Å². The molecule has 0 fully saturated rings. The average molecular weight is 506 g/mol. The molecule has 4 rings (SSSR count). The monoisotopic (exact) mass is 505 g/mol. The number of carboxylic acids is 1. The number of ether oxygens (including phenoxy) is 1. The summed E-state index contributed by atoms with van der Waals surface area (Å²) < 4.78 is 6.27. The van der Waals surface area contributed by atoms with Crippen LogP contribution < -0.4 is 4.74 Å². The van der Waals surface area contributed by atoms with Crippen molar-refractivity contribution in [3.63, 3.8) is 0 Å². The van der Waals surface area contributed by atoms with E-state index in [4.69, 9.17) is 16.3 Å². The number of fused-ring (bicyclic) bond motifs is 1. The number of carboxylic acid groups (broad SMARTS) is 1. The minimum absolute atomic E-state index is 0.0158. The SMILES string of the molecule is CC(C)(C)c1ccc(CN(CC(=O)O)C(=O)c2ccc3c(c2)C[C@](C)(Cc2ccccc2Cl)O3)cc1. The first-order chi connectivity index (χ1) is 16.9. The Balaban J connectivity index is 1.52. The number of hydrogen-bond acceptors (Lipinski definition) is 3. The molecule has 1 amide bonds. The average Bonchev–Trinajstić information content (AvgIpc) is 3.14. The first-order valence-electron chi connectivity index (χ1n) is 12.1.